The van der Waals surface area contributed by atoms with Crippen LogP contribution in [-0.4, -0.2) is 54.6 Å². The fourth-order valence-electron chi connectivity index (χ4n) is 2.94. The molecule has 0 amide bonds. The zero-order chi connectivity index (χ0) is 16.1. The number of morpholine rings is 1. The Bertz CT molecular complexity index is 467. The molecule has 4 nitrogen and oxygen atoms in total. The number of ether oxygens (including phenoxy) is 2. The van der Waals surface area contributed by atoms with Crippen LogP contribution < -0.4 is 4.74 Å². The Labute approximate surface area is 134 Å². The van der Waals surface area contributed by atoms with E-state index in [4.69, 9.17) is 9.47 Å². The van der Waals surface area contributed by atoms with Crippen LogP contribution in [0.4, 0.5) is 0 Å². The van der Waals surface area contributed by atoms with Crippen LogP contribution in [-0.2, 0) is 4.74 Å². The maximum atomic E-state index is 10.2. The number of hydrogen-bond acceptors (Lipinski definition) is 4. The Morgan fingerprint density at radius 2 is 1.91 bits per heavy atom. The number of aryl methyl sites for hydroxylation is 2. The van der Waals surface area contributed by atoms with Crippen LogP contribution in [0, 0.1) is 13.8 Å². The number of aliphatic hydroxyl groups excluding tert-OH is 1. The van der Waals surface area contributed by atoms with Crippen molar-refractivity contribution in [1.29, 1.82) is 0 Å². The first-order valence-corrected chi connectivity index (χ1v) is 8.20. The summed E-state index contributed by atoms with van der Waals surface area (Å²) in [4.78, 5) is 2.28. The van der Waals surface area contributed by atoms with Gasteiger partial charge in [-0.1, -0.05) is 6.07 Å². The number of hydrogen-bond donors (Lipinski definition) is 1. The second-order valence-electron chi connectivity index (χ2n) is 6.51. The molecule has 0 spiro atoms. The Balaban J connectivity index is 1.71. The summed E-state index contributed by atoms with van der Waals surface area (Å²) in [5.41, 5.74) is 2.50. The minimum Gasteiger partial charge on any atom is -0.493 e. The Morgan fingerprint density at radius 1 is 1.23 bits per heavy atom. The van der Waals surface area contributed by atoms with Gasteiger partial charge in [-0.2, -0.15) is 0 Å². The Kier molecular flexibility index (Phi) is 6.24. The number of β-amino-alcohol motifs (C(OH)–C–C–N with tert-alkyl or cyclic N) is 1. The molecule has 1 N–H and O–H groups in total. The lowest BCUT2D eigenvalue weighted by Crippen LogP contribution is -2.48. The van der Waals surface area contributed by atoms with E-state index in [9.17, 15) is 5.11 Å². The minimum atomic E-state index is -0.357. The summed E-state index contributed by atoms with van der Waals surface area (Å²) in [6, 6.07) is 6.10. The van der Waals surface area contributed by atoms with Gasteiger partial charge in [-0.15, -0.1) is 0 Å². The first-order chi connectivity index (χ1) is 10.4. The van der Waals surface area contributed by atoms with Crippen molar-refractivity contribution in [3.8, 4) is 5.75 Å². The molecule has 124 valence electrons. The van der Waals surface area contributed by atoms with Crippen LogP contribution in [0.2, 0.25) is 0 Å². The Morgan fingerprint density at radius 3 is 2.55 bits per heavy atom. The smallest absolute Gasteiger partial charge is 0.119 e. The highest BCUT2D eigenvalue weighted by Gasteiger charge is 2.23. The van der Waals surface area contributed by atoms with Crippen molar-refractivity contribution >= 4 is 0 Å². The first-order valence-electron chi connectivity index (χ1n) is 8.20. The maximum absolute atomic E-state index is 10.2. The third kappa shape index (κ3) is 5.27. The van der Waals surface area contributed by atoms with Gasteiger partial charge in [0.2, 0.25) is 0 Å². The molecule has 1 saturated heterocycles. The van der Waals surface area contributed by atoms with E-state index in [0.29, 0.717) is 19.6 Å². The fourth-order valence-corrected chi connectivity index (χ4v) is 2.94. The van der Waals surface area contributed by atoms with Crippen LogP contribution in [0.25, 0.3) is 0 Å². The van der Waals surface area contributed by atoms with Crippen molar-refractivity contribution in [3.63, 3.8) is 0 Å². The van der Waals surface area contributed by atoms with E-state index in [1.54, 1.807) is 0 Å². The third-order valence-electron chi connectivity index (χ3n) is 4.16. The molecule has 0 saturated carbocycles. The van der Waals surface area contributed by atoms with Gasteiger partial charge in [0.1, 0.15) is 5.75 Å². The van der Waals surface area contributed by atoms with E-state index in [1.165, 1.54) is 11.1 Å². The summed E-state index contributed by atoms with van der Waals surface area (Å²) < 4.78 is 11.5. The van der Waals surface area contributed by atoms with Crippen LogP contribution >= 0.6 is 0 Å². The molecule has 1 aromatic rings. The van der Waals surface area contributed by atoms with E-state index in [2.05, 4.69) is 38.7 Å². The molecule has 2 rings (SSSR count). The molecule has 4 heteroatoms. The second-order valence-corrected chi connectivity index (χ2v) is 6.51. The van der Waals surface area contributed by atoms with Gasteiger partial charge in [0.25, 0.3) is 0 Å². The SMILES string of the molecule is Cc1ccc(OCC[C@H](O)CN2C[C@@H](C)O[C@H](C)C2)cc1C. The maximum Gasteiger partial charge on any atom is 0.119 e. The van der Waals surface area contributed by atoms with Crippen molar-refractivity contribution in [2.75, 3.05) is 26.2 Å². The number of benzene rings is 1. The van der Waals surface area contributed by atoms with Gasteiger partial charge in [-0.05, 0) is 51.0 Å². The predicted octanol–water partition coefficient (Wildman–Crippen LogP) is 2.54. The molecule has 1 fully saturated rings. The topological polar surface area (TPSA) is 41.9 Å². The molecule has 0 aliphatic carbocycles. The van der Waals surface area contributed by atoms with Gasteiger partial charge >= 0.3 is 0 Å². The lowest BCUT2D eigenvalue weighted by molar-refractivity contribution is -0.0772. The Hall–Kier alpha value is -1.10. The second kappa shape index (κ2) is 7.95. The van der Waals surface area contributed by atoms with Crippen LogP contribution in [0.1, 0.15) is 31.4 Å². The van der Waals surface area contributed by atoms with Gasteiger partial charge in [-0.3, -0.25) is 4.90 Å². The van der Waals surface area contributed by atoms with Crippen molar-refractivity contribution in [2.24, 2.45) is 0 Å². The molecule has 1 aromatic carbocycles. The largest absolute Gasteiger partial charge is 0.493 e. The molecular formula is C18H29NO3. The first kappa shape index (κ1) is 17.3. The highest BCUT2D eigenvalue weighted by molar-refractivity contribution is 5.33. The highest BCUT2D eigenvalue weighted by Crippen LogP contribution is 2.17. The summed E-state index contributed by atoms with van der Waals surface area (Å²) in [6.45, 7) is 11.3. The van der Waals surface area contributed by atoms with Crippen molar-refractivity contribution in [1.82, 2.24) is 4.90 Å². The average Bonchev–Trinajstić information content (AvgIpc) is 2.41. The van der Waals surface area contributed by atoms with E-state index in [0.717, 1.165) is 18.8 Å². The molecule has 22 heavy (non-hydrogen) atoms. The lowest BCUT2D eigenvalue weighted by Gasteiger charge is -2.36. The average molecular weight is 307 g/mol. The molecular weight excluding hydrogens is 278 g/mol. The molecule has 0 aromatic heterocycles. The van der Waals surface area contributed by atoms with Crippen LogP contribution in [0.5, 0.6) is 5.75 Å². The molecule has 1 aliphatic rings. The van der Waals surface area contributed by atoms with Gasteiger partial charge < -0.3 is 14.6 Å². The molecule has 0 radical (unpaired) electrons. The zero-order valence-corrected chi connectivity index (χ0v) is 14.2. The van der Waals surface area contributed by atoms with Crippen molar-refractivity contribution in [2.45, 2.75) is 52.4 Å². The van der Waals surface area contributed by atoms with Crippen molar-refractivity contribution in [3.05, 3.63) is 29.3 Å². The van der Waals surface area contributed by atoms with Crippen LogP contribution in [0.3, 0.4) is 0 Å². The number of aliphatic hydroxyl groups is 1. The zero-order valence-electron chi connectivity index (χ0n) is 14.2. The predicted molar refractivity (Wildman–Crippen MR) is 88.5 cm³/mol. The van der Waals surface area contributed by atoms with Gasteiger partial charge in [0.15, 0.2) is 0 Å². The summed E-state index contributed by atoms with van der Waals surface area (Å²) >= 11 is 0. The molecule has 0 unspecified atom stereocenters. The summed E-state index contributed by atoms with van der Waals surface area (Å²) in [7, 11) is 0. The van der Waals surface area contributed by atoms with E-state index in [1.807, 2.05) is 12.1 Å². The normalized spacial score (nSPS) is 24.2. The monoisotopic (exact) mass is 307 g/mol. The van der Waals surface area contributed by atoms with Gasteiger partial charge in [0.05, 0.1) is 24.9 Å². The van der Waals surface area contributed by atoms with Gasteiger partial charge in [-0.25, -0.2) is 0 Å². The highest BCUT2D eigenvalue weighted by atomic mass is 16.5. The van der Waals surface area contributed by atoms with E-state index >= 15 is 0 Å². The number of rotatable bonds is 6. The quantitative estimate of drug-likeness (QED) is 0.877. The molecule has 3 atom stereocenters. The molecule has 0 bridgehead atoms. The molecule has 1 aliphatic heterocycles. The fraction of sp³-hybridized carbons (Fsp3) is 0.667. The van der Waals surface area contributed by atoms with Crippen molar-refractivity contribution < 1.29 is 14.6 Å². The summed E-state index contributed by atoms with van der Waals surface area (Å²) in [5, 5.41) is 10.2. The molecule has 1 heterocycles. The van der Waals surface area contributed by atoms with Crippen LogP contribution in [0.15, 0.2) is 18.2 Å². The standard InChI is InChI=1S/C18H29NO3/c1-13-5-6-18(9-14(13)2)21-8-7-17(20)12-19-10-15(3)22-16(4)11-19/h5-6,9,15-17,20H,7-8,10-12H2,1-4H3/t15-,16-,17+/m1/s1. The number of nitrogens with zero attached hydrogens (tertiary/aromatic N) is 1. The van der Waals surface area contributed by atoms with E-state index < -0.39 is 0 Å². The third-order valence-corrected chi connectivity index (χ3v) is 4.16. The summed E-state index contributed by atoms with van der Waals surface area (Å²) in [5.74, 6) is 0.879. The minimum absolute atomic E-state index is 0.239. The van der Waals surface area contributed by atoms with Gasteiger partial charge in [0, 0.05) is 26.1 Å². The van der Waals surface area contributed by atoms with E-state index in [-0.39, 0.29) is 18.3 Å². The summed E-state index contributed by atoms with van der Waals surface area (Å²) in [6.07, 6.45) is 0.766. The lowest BCUT2D eigenvalue weighted by atomic mass is 10.1.